The highest BCUT2D eigenvalue weighted by Gasteiger charge is 2.28. The number of hydrogen-bond donors (Lipinski definition) is 2. The number of nitrogens with zero attached hydrogens (tertiary/aromatic N) is 2. The first-order chi connectivity index (χ1) is 11.9. The second-order valence-electron chi connectivity index (χ2n) is 6.92. The van der Waals surface area contributed by atoms with E-state index in [2.05, 4.69) is 56.9 Å². The first-order valence-corrected chi connectivity index (χ1v) is 8.70. The van der Waals surface area contributed by atoms with Gasteiger partial charge in [0, 0.05) is 29.4 Å². The number of aromatic amines is 1. The molecule has 5 rings (SSSR count). The van der Waals surface area contributed by atoms with Gasteiger partial charge >= 0.3 is 0 Å². The molecule has 120 valence electrons. The van der Waals surface area contributed by atoms with Gasteiger partial charge in [-0.3, -0.25) is 5.10 Å². The number of H-pyrrole nitrogens is 1. The smallest absolute Gasteiger partial charge is 0.126 e. The average molecular weight is 316 g/mol. The quantitative estimate of drug-likeness (QED) is 0.767. The van der Waals surface area contributed by atoms with Crippen LogP contribution in [0.15, 0.2) is 48.8 Å². The van der Waals surface area contributed by atoms with E-state index in [0.717, 1.165) is 18.7 Å². The molecule has 4 nitrogen and oxygen atoms in total. The van der Waals surface area contributed by atoms with Crippen LogP contribution in [-0.4, -0.2) is 21.2 Å². The first-order valence-electron chi connectivity index (χ1n) is 8.70. The molecule has 0 amide bonds. The minimum Gasteiger partial charge on any atom is -0.367 e. The summed E-state index contributed by atoms with van der Waals surface area (Å²) in [5.74, 6) is 1.62. The molecule has 0 unspecified atom stereocenters. The van der Waals surface area contributed by atoms with Gasteiger partial charge < -0.3 is 5.32 Å². The highest BCUT2D eigenvalue weighted by Crippen LogP contribution is 2.43. The second-order valence-corrected chi connectivity index (χ2v) is 6.92. The van der Waals surface area contributed by atoms with Crippen molar-refractivity contribution in [2.45, 2.75) is 37.6 Å². The normalized spacial score (nSPS) is 17.0. The molecule has 0 saturated heterocycles. The lowest BCUT2D eigenvalue weighted by Gasteiger charge is -2.13. The van der Waals surface area contributed by atoms with Crippen LogP contribution >= 0.6 is 0 Å². The van der Waals surface area contributed by atoms with Crippen LogP contribution in [0.1, 0.15) is 35.6 Å². The molecule has 0 atom stereocenters. The van der Waals surface area contributed by atoms with E-state index in [1.165, 1.54) is 40.8 Å². The standard InChI is InChI=1S/C20H20N4/c1-2-4-15-10-17(9-14(15)3-1)23-19-11-16(7-8-21-19)18-12-22-24-20(18)13-5-6-13/h1-4,7-8,11-13,17H,5-6,9-10H2,(H,21,23)(H,22,24). The van der Waals surface area contributed by atoms with Crippen molar-refractivity contribution in [2.24, 2.45) is 0 Å². The summed E-state index contributed by atoms with van der Waals surface area (Å²) >= 11 is 0. The van der Waals surface area contributed by atoms with Gasteiger partial charge in [0.2, 0.25) is 0 Å². The van der Waals surface area contributed by atoms with Gasteiger partial charge in [0.25, 0.3) is 0 Å². The molecule has 1 aromatic carbocycles. The number of pyridine rings is 1. The molecule has 3 aromatic rings. The number of anilines is 1. The van der Waals surface area contributed by atoms with E-state index >= 15 is 0 Å². The van der Waals surface area contributed by atoms with Gasteiger partial charge in [-0.25, -0.2) is 4.98 Å². The molecule has 4 heteroatoms. The fourth-order valence-electron chi connectivity index (χ4n) is 3.76. The average Bonchev–Trinajstić information content (AvgIpc) is 3.18. The van der Waals surface area contributed by atoms with Gasteiger partial charge in [-0.2, -0.15) is 5.10 Å². The van der Waals surface area contributed by atoms with Gasteiger partial charge in [-0.15, -0.1) is 0 Å². The van der Waals surface area contributed by atoms with Crippen LogP contribution in [0.5, 0.6) is 0 Å². The van der Waals surface area contributed by atoms with E-state index in [4.69, 9.17) is 0 Å². The zero-order chi connectivity index (χ0) is 15.9. The maximum atomic E-state index is 4.52. The van der Waals surface area contributed by atoms with Crippen LogP contribution in [0.25, 0.3) is 11.1 Å². The highest BCUT2D eigenvalue weighted by molar-refractivity contribution is 5.69. The second kappa shape index (κ2) is 5.48. The molecule has 0 bridgehead atoms. The van der Waals surface area contributed by atoms with Crippen molar-refractivity contribution in [3.05, 3.63) is 65.6 Å². The fourth-order valence-corrected chi connectivity index (χ4v) is 3.76. The Morgan fingerprint density at radius 2 is 1.83 bits per heavy atom. The molecule has 2 aliphatic rings. The summed E-state index contributed by atoms with van der Waals surface area (Å²) in [6.07, 6.45) is 8.52. The fraction of sp³-hybridized carbons (Fsp3) is 0.300. The molecule has 1 saturated carbocycles. The minimum atomic E-state index is 0.428. The third kappa shape index (κ3) is 2.48. The summed E-state index contributed by atoms with van der Waals surface area (Å²) in [7, 11) is 0. The number of fused-ring (bicyclic) bond motifs is 1. The van der Waals surface area contributed by atoms with Gasteiger partial charge in [0.15, 0.2) is 0 Å². The number of rotatable bonds is 4. The van der Waals surface area contributed by atoms with Crippen LogP contribution in [0.3, 0.4) is 0 Å². The molecule has 2 aromatic heterocycles. The van der Waals surface area contributed by atoms with E-state index in [1.807, 2.05) is 12.4 Å². The van der Waals surface area contributed by atoms with E-state index in [0.29, 0.717) is 12.0 Å². The maximum absolute atomic E-state index is 4.52. The Bertz CT molecular complexity index is 854. The lowest BCUT2D eigenvalue weighted by Crippen LogP contribution is -2.20. The molecule has 0 spiro atoms. The Hall–Kier alpha value is -2.62. The van der Waals surface area contributed by atoms with Crippen molar-refractivity contribution in [2.75, 3.05) is 5.32 Å². The number of hydrogen-bond acceptors (Lipinski definition) is 3. The Kier molecular flexibility index (Phi) is 3.15. The molecule has 0 aliphatic heterocycles. The van der Waals surface area contributed by atoms with Crippen LogP contribution in [0.4, 0.5) is 5.82 Å². The van der Waals surface area contributed by atoms with Crippen molar-refractivity contribution >= 4 is 5.82 Å². The van der Waals surface area contributed by atoms with E-state index in [-0.39, 0.29) is 0 Å². The van der Waals surface area contributed by atoms with Crippen LogP contribution in [0, 0.1) is 0 Å². The number of aromatic nitrogens is 3. The zero-order valence-corrected chi connectivity index (χ0v) is 13.5. The molecular formula is C20H20N4. The van der Waals surface area contributed by atoms with Gasteiger partial charge in [0.1, 0.15) is 5.82 Å². The van der Waals surface area contributed by atoms with E-state index in [9.17, 15) is 0 Å². The van der Waals surface area contributed by atoms with Crippen LogP contribution < -0.4 is 5.32 Å². The summed E-state index contributed by atoms with van der Waals surface area (Å²) in [6.45, 7) is 0. The molecule has 2 N–H and O–H groups in total. The minimum absolute atomic E-state index is 0.428. The molecule has 2 aliphatic carbocycles. The molecular weight excluding hydrogens is 296 g/mol. The number of nitrogens with one attached hydrogen (secondary N) is 2. The third-order valence-electron chi connectivity index (χ3n) is 5.13. The lowest BCUT2D eigenvalue weighted by atomic mass is 10.1. The van der Waals surface area contributed by atoms with E-state index < -0.39 is 0 Å². The van der Waals surface area contributed by atoms with Crippen molar-refractivity contribution in [3.63, 3.8) is 0 Å². The van der Waals surface area contributed by atoms with Crippen LogP contribution in [0.2, 0.25) is 0 Å². The molecule has 0 radical (unpaired) electrons. The van der Waals surface area contributed by atoms with Gasteiger partial charge in [-0.05, 0) is 54.5 Å². The molecule has 1 fully saturated rings. The Balaban J connectivity index is 1.37. The zero-order valence-electron chi connectivity index (χ0n) is 13.5. The first kappa shape index (κ1) is 13.8. The Labute approximate surface area is 141 Å². The summed E-state index contributed by atoms with van der Waals surface area (Å²) in [6, 6.07) is 13.4. The highest BCUT2D eigenvalue weighted by atomic mass is 15.1. The summed E-state index contributed by atoms with van der Waals surface area (Å²) in [4.78, 5) is 4.52. The predicted octanol–water partition coefficient (Wildman–Crippen LogP) is 3.93. The number of benzene rings is 1. The summed E-state index contributed by atoms with van der Waals surface area (Å²) in [5, 5.41) is 11.0. The summed E-state index contributed by atoms with van der Waals surface area (Å²) < 4.78 is 0. The van der Waals surface area contributed by atoms with Crippen molar-refractivity contribution in [3.8, 4) is 11.1 Å². The Morgan fingerprint density at radius 1 is 1.04 bits per heavy atom. The SMILES string of the molecule is c1ccc2c(c1)CC(Nc1cc(-c3cn[nH]c3C3CC3)ccn1)C2. The maximum Gasteiger partial charge on any atom is 0.126 e. The monoisotopic (exact) mass is 316 g/mol. The van der Waals surface area contributed by atoms with Crippen LogP contribution in [-0.2, 0) is 12.8 Å². The van der Waals surface area contributed by atoms with E-state index in [1.54, 1.807) is 0 Å². The molecule has 24 heavy (non-hydrogen) atoms. The van der Waals surface area contributed by atoms with Crippen molar-refractivity contribution in [1.29, 1.82) is 0 Å². The summed E-state index contributed by atoms with van der Waals surface area (Å²) in [5.41, 5.74) is 6.60. The largest absolute Gasteiger partial charge is 0.367 e. The molecule has 2 heterocycles. The topological polar surface area (TPSA) is 53.6 Å². The van der Waals surface area contributed by atoms with Crippen molar-refractivity contribution in [1.82, 2.24) is 15.2 Å². The predicted molar refractivity (Wildman–Crippen MR) is 95.1 cm³/mol. The third-order valence-corrected chi connectivity index (χ3v) is 5.13. The Morgan fingerprint density at radius 3 is 2.58 bits per heavy atom. The van der Waals surface area contributed by atoms with Crippen molar-refractivity contribution < 1.29 is 0 Å². The van der Waals surface area contributed by atoms with Gasteiger partial charge in [0.05, 0.1) is 6.20 Å². The van der Waals surface area contributed by atoms with Gasteiger partial charge in [-0.1, -0.05) is 24.3 Å². The lowest BCUT2D eigenvalue weighted by molar-refractivity contribution is 0.769.